The van der Waals surface area contributed by atoms with E-state index in [4.69, 9.17) is 0 Å². The van der Waals surface area contributed by atoms with Crippen LogP contribution in [-0.2, 0) is 11.8 Å². The Morgan fingerprint density at radius 3 is 2.85 bits per heavy atom. The highest BCUT2D eigenvalue weighted by Crippen LogP contribution is 2.23. The van der Waals surface area contributed by atoms with Crippen LogP contribution >= 0.6 is 0 Å². The first kappa shape index (κ1) is 16.7. The van der Waals surface area contributed by atoms with Crippen molar-refractivity contribution in [3.05, 3.63) is 36.9 Å². The number of hydrogen-bond donors (Lipinski definition) is 1. The highest BCUT2D eigenvalue weighted by Gasteiger charge is 2.22. The first-order valence-corrected chi connectivity index (χ1v) is 8.87. The fourth-order valence-electron chi connectivity index (χ4n) is 3.42. The van der Waals surface area contributed by atoms with E-state index in [2.05, 4.69) is 32.2 Å². The van der Waals surface area contributed by atoms with Crippen LogP contribution in [0.3, 0.4) is 0 Å². The summed E-state index contributed by atoms with van der Waals surface area (Å²) in [7, 11) is 1.89. The largest absolute Gasteiger partial charge is 0.310 e. The SMILES string of the molecule is C[C@@H]1CCCN1CC(=O)Nc1cc2cc(-c3cnn(C)c3)cnc2cn1. The van der Waals surface area contributed by atoms with Crippen molar-refractivity contribution in [2.24, 2.45) is 7.05 Å². The lowest BCUT2D eigenvalue weighted by molar-refractivity contribution is -0.117. The molecule has 7 nitrogen and oxygen atoms in total. The van der Waals surface area contributed by atoms with Crippen LogP contribution in [0.1, 0.15) is 19.8 Å². The highest BCUT2D eigenvalue weighted by molar-refractivity contribution is 5.93. The number of aryl methyl sites for hydroxylation is 1. The number of nitrogens with zero attached hydrogens (tertiary/aromatic N) is 5. The maximum absolute atomic E-state index is 12.3. The molecule has 0 aliphatic carbocycles. The molecule has 1 fully saturated rings. The average Bonchev–Trinajstić information content (AvgIpc) is 3.23. The van der Waals surface area contributed by atoms with Crippen LogP contribution in [0.15, 0.2) is 36.9 Å². The van der Waals surface area contributed by atoms with Gasteiger partial charge in [0, 0.05) is 42.0 Å². The molecular weight excluding hydrogens is 328 g/mol. The minimum absolute atomic E-state index is 0.0260. The molecule has 0 aromatic carbocycles. The van der Waals surface area contributed by atoms with Crippen molar-refractivity contribution in [3.63, 3.8) is 0 Å². The summed E-state index contributed by atoms with van der Waals surface area (Å²) in [6, 6.07) is 4.38. The molecule has 1 aliphatic heterocycles. The van der Waals surface area contributed by atoms with Gasteiger partial charge in [0.2, 0.25) is 5.91 Å². The van der Waals surface area contributed by atoms with E-state index in [1.165, 1.54) is 0 Å². The number of hydrogen-bond acceptors (Lipinski definition) is 5. The van der Waals surface area contributed by atoms with E-state index in [0.29, 0.717) is 18.4 Å². The minimum atomic E-state index is -0.0260. The van der Waals surface area contributed by atoms with Crippen LogP contribution < -0.4 is 5.32 Å². The van der Waals surface area contributed by atoms with E-state index >= 15 is 0 Å². The van der Waals surface area contributed by atoms with Crippen molar-refractivity contribution in [3.8, 4) is 11.1 Å². The van der Waals surface area contributed by atoms with E-state index in [0.717, 1.165) is 41.4 Å². The number of pyridine rings is 2. The molecule has 1 amide bonds. The number of amides is 1. The van der Waals surface area contributed by atoms with Crippen molar-refractivity contribution >= 4 is 22.6 Å². The Labute approximate surface area is 152 Å². The molecule has 0 unspecified atom stereocenters. The van der Waals surface area contributed by atoms with E-state index in [9.17, 15) is 4.79 Å². The van der Waals surface area contributed by atoms with Crippen molar-refractivity contribution < 1.29 is 4.79 Å². The number of fused-ring (bicyclic) bond motifs is 1. The molecule has 7 heteroatoms. The van der Waals surface area contributed by atoms with Gasteiger partial charge in [-0.25, -0.2) is 4.98 Å². The summed E-state index contributed by atoms with van der Waals surface area (Å²) in [6.45, 7) is 3.56. The quantitative estimate of drug-likeness (QED) is 0.782. The molecule has 3 aromatic rings. The number of nitrogens with one attached hydrogen (secondary N) is 1. The molecule has 0 spiro atoms. The fraction of sp³-hybridized carbons (Fsp3) is 0.368. The Hall–Kier alpha value is -2.80. The van der Waals surface area contributed by atoms with Crippen LogP contribution in [0.4, 0.5) is 5.82 Å². The van der Waals surface area contributed by atoms with Gasteiger partial charge >= 0.3 is 0 Å². The lowest BCUT2D eigenvalue weighted by Gasteiger charge is -2.19. The zero-order chi connectivity index (χ0) is 18.1. The van der Waals surface area contributed by atoms with E-state index < -0.39 is 0 Å². The molecule has 0 saturated carbocycles. The van der Waals surface area contributed by atoms with Gasteiger partial charge in [0.1, 0.15) is 5.82 Å². The standard InChI is InChI=1S/C19H22N6O/c1-13-4-3-5-25(13)12-19(26)23-18-7-14-6-15(8-20-17(14)10-21-18)16-9-22-24(2)11-16/h6-11,13H,3-5,12H2,1-2H3,(H,21,23,26)/t13-/m1/s1. The summed E-state index contributed by atoms with van der Waals surface area (Å²) in [6.07, 6.45) is 9.58. The number of anilines is 1. The van der Waals surface area contributed by atoms with Crippen LogP contribution in [0.25, 0.3) is 22.0 Å². The summed E-state index contributed by atoms with van der Waals surface area (Å²) in [5.74, 6) is 0.529. The van der Waals surface area contributed by atoms with Crippen LogP contribution in [0.2, 0.25) is 0 Å². The first-order valence-electron chi connectivity index (χ1n) is 8.87. The molecule has 1 saturated heterocycles. The fourth-order valence-corrected chi connectivity index (χ4v) is 3.42. The van der Waals surface area contributed by atoms with Crippen molar-refractivity contribution in [1.82, 2.24) is 24.6 Å². The summed E-state index contributed by atoms with van der Waals surface area (Å²) < 4.78 is 1.76. The monoisotopic (exact) mass is 350 g/mol. The third-order valence-corrected chi connectivity index (χ3v) is 4.91. The molecule has 1 aliphatic rings. The van der Waals surface area contributed by atoms with Gasteiger partial charge in [-0.3, -0.25) is 19.4 Å². The number of rotatable bonds is 4. The maximum atomic E-state index is 12.3. The molecule has 0 radical (unpaired) electrons. The van der Waals surface area contributed by atoms with E-state index in [1.54, 1.807) is 10.9 Å². The summed E-state index contributed by atoms with van der Waals surface area (Å²) >= 11 is 0. The van der Waals surface area contributed by atoms with Crippen LogP contribution in [0, 0.1) is 0 Å². The Morgan fingerprint density at radius 2 is 2.12 bits per heavy atom. The molecule has 1 atom stereocenters. The smallest absolute Gasteiger partial charge is 0.239 e. The predicted octanol–water partition coefficient (Wildman–Crippen LogP) is 2.45. The lowest BCUT2D eigenvalue weighted by atomic mass is 10.1. The Kier molecular flexibility index (Phi) is 4.38. The number of likely N-dealkylation sites (tertiary alicyclic amines) is 1. The van der Waals surface area contributed by atoms with E-state index in [-0.39, 0.29) is 5.91 Å². The molecule has 26 heavy (non-hydrogen) atoms. The van der Waals surface area contributed by atoms with Gasteiger partial charge in [0.15, 0.2) is 0 Å². The highest BCUT2D eigenvalue weighted by atomic mass is 16.2. The van der Waals surface area contributed by atoms with Gasteiger partial charge < -0.3 is 5.32 Å². The van der Waals surface area contributed by atoms with Gasteiger partial charge in [-0.05, 0) is 38.4 Å². The zero-order valence-electron chi connectivity index (χ0n) is 15.0. The zero-order valence-corrected chi connectivity index (χ0v) is 15.0. The van der Waals surface area contributed by atoms with E-state index in [1.807, 2.05) is 37.8 Å². The summed E-state index contributed by atoms with van der Waals surface area (Å²) in [4.78, 5) is 23.3. The lowest BCUT2D eigenvalue weighted by Crippen LogP contribution is -2.35. The molecule has 0 bridgehead atoms. The minimum Gasteiger partial charge on any atom is -0.310 e. The van der Waals surface area contributed by atoms with Gasteiger partial charge in [-0.1, -0.05) is 0 Å². The molecule has 4 rings (SSSR count). The third kappa shape index (κ3) is 3.43. The van der Waals surface area contributed by atoms with Gasteiger partial charge in [0.05, 0.1) is 24.5 Å². The maximum Gasteiger partial charge on any atom is 0.239 e. The molecular formula is C19H22N6O. The van der Waals surface area contributed by atoms with Crippen LogP contribution in [-0.4, -0.2) is 49.7 Å². The van der Waals surface area contributed by atoms with Gasteiger partial charge in [-0.2, -0.15) is 5.10 Å². The second kappa shape index (κ2) is 6.84. The normalized spacial score (nSPS) is 17.7. The van der Waals surface area contributed by atoms with Crippen LogP contribution in [0.5, 0.6) is 0 Å². The topological polar surface area (TPSA) is 75.9 Å². The van der Waals surface area contributed by atoms with Crippen molar-refractivity contribution in [2.45, 2.75) is 25.8 Å². The number of aromatic nitrogens is 4. The first-order chi connectivity index (χ1) is 12.6. The summed E-state index contributed by atoms with van der Waals surface area (Å²) in [5.41, 5.74) is 2.79. The molecule has 134 valence electrons. The number of carbonyl (C=O) groups is 1. The predicted molar refractivity (Wildman–Crippen MR) is 101 cm³/mol. The molecule has 4 heterocycles. The van der Waals surface area contributed by atoms with Gasteiger partial charge in [-0.15, -0.1) is 0 Å². The molecule has 3 aromatic heterocycles. The second-order valence-electron chi connectivity index (χ2n) is 6.90. The Balaban J connectivity index is 1.53. The Bertz CT molecular complexity index is 950. The summed E-state index contributed by atoms with van der Waals surface area (Å²) in [5, 5.41) is 8.04. The number of carbonyl (C=O) groups excluding carboxylic acids is 1. The third-order valence-electron chi connectivity index (χ3n) is 4.91. The van der Waals surface area contributed by atoms with Gasteiger partial charge in [0.25, 0.3) is 0 Å². The molecule has 1 N–H and O–H groups in total. The average molecular weight is 350 g/mol. The Morgan fingerprint density at radius 1 is 1.23 bits per heavy atom. The van der Waals surface area contributed by atoms with Crippen molar-refractivity contribution in [1.29, 1.82) is 0 Å². The van der Waals surface area contributed by atoms with Crippen molar-refractivity contribution in [2.75, 3.05) is 18.4 Å². The second-order valence-corrected chi connectivity index (χ2v) is 6.90.